The summed E-state index contributed by atoms with van der Waals surface area (Å²) in [5.41, 5.74) is 1.09. The van der Waals surface area contributed by atoms with Gasteiger partial charge in [-0.25, -0.2) is 9.78 Å². The number of carbonyl (C=O) groups is 2. The summed E-state index contributed by atoms with van der Waals surface area (Å²) >= 11 is 2.78. The number of nitrogens with zero attached hydrogens (tertiary/aromatic N) is 2. The van der Waals surface area contributed by atoms with Crippen LogP contribution in [0.1, 0.15) is 37.1 Å². The molecule has 0 aliphatic heterocycles. The lowest BCUT2D eigenvalue weighted by Gasteiger charge is -2.18. The number of hydrogen-bond donors (Lipinski definition) is 1. The number of ether oxygens (including phenoxy) is 1. The van der Waals surface area contributed by atoms with Crippen molar-refractivity contribution in [2.75, 3.05) is 12.9 Å². The van der Waals surface area contributed by atoms with Crippen molar-refractivity contribution in [1.29, 1.82) is 0 Å². The Hall–Kier alpha value is -1.87. The number of thioether (sulfide) groups is 1. The van der Waals surface area contributed by atoms with E-state index in [2.05, 4.69) is 10.3 Å². The molecule has 1 N–H and O–H groups in total. The molecule has 1 atom stereocenters. The Balaban J connectivity index is 1.72. The van der Waals surface area contributed by atoms with Crippen molar-refractivity contribution < 1.29 is 14.3 Å². The molecule has 0 spiro atoms. The predicted molar refractivity (Wildman–Crippen MR) is 111 cm³/mol. The molecule has 2 aromatic heterocycles. The number of esters is 1. The van der Waals surface area contributed by atoms with Gasteiger partial charge < -0.3 is 10.1 Å². The first-order chi connectivity index (χ1) is 13.3. The molecule has 7 nitrogen and oxygen atoms in total. The van der Waals surface area contributed by atoms with E-state index < -0.39 is 12.0 Å². The Kier molecular flexibility index (Phi) is 6.44. The van der Waals surface area contributed by atoms with Crippen LogP contribution in [0, 0.1) is 5.92 Å². The average Bonchev–Trinajstić information content (AvgIpc) is 3.22. The summed E-state index contributed by atoms with van der Waals surface area (Å²) in [5, 5.41) is 3.96. The van der Waals surface area contributed by atoms with E-state index in [-0.39, 0.29) is 23.1 Å². The lowest BCUT2D eigenvalue weighted by atomic mass is 10.0. The third kappa shape index (κ3) is 4.25. The lowest BCUT2D eigenvalue weighted by Crippen LogP contribution is -2.43. The molecule has 0 bridgehead atoms. The summed E-state index contributed by atoms with van der Waals surface area (Å²) in [7, 11) is 2.99. The van der Waals surface area contributed by atoms with E-state index >= 15 is 0 Å². The van der Waals surface area contributed by atoms with Gasteiger partial charge in [0.1, 0.15) is 10.9 Å². The van der Waals surface area contributed by atoms with Gasteiger partial charge in [0, 0.05) is 11.9 Å². The van der Waals surface area contributed by atoms with Gasteiger partial charge in [0.2, 0.25) is 5.91 Å². The predicted octanol–water partition coefficient (Wildman–Crippen LogP) is 2.28. The highest BCUT2D eigenvalue weighted by Crippen LogP contribution is 2.35. The minimum Gasteiger partial charge on any atom is -0.467 e. The topological polar surface area (TPSA) is 90.3 Å². The highest BCUT2D eigenvalue weighted by Gasteiger charge is 2.24. The molecule has 0 aromatic carbocycles. The van der Waals surface area contributed by atoms with Crippen LogP contribution < -0.4 is 10.9 Å². The Morgan fingerprint density at radius 3 is 2.79 bits per heavy atom. The number of methoxy groups -OCH3 is 1. The minimum atomic E-state index is -0.669. The van der Waals surface area contributed by atoms with E-state index in [0.29, 0.717) is 11.6 Å². The maximum atomic E-state index is 12.8. The standard InChI is InChI=1S/C19H25N3O4S2/c1-10(2)8-12(18(25)26-4)20-14(23)9-27-19-21-16-15(17(24)22(19)3)11-6-5-7-13(11)28-16/h10,12H,5-9H2,1-4H3,(H,20,23)/t12-/m0/s1. The van der Waals surface area contributed by atoms with Crippen molar-refractivity contribution in [3.8, 4) is 0 Å². The van der Waals surface area contributed by atoms with E-state index in [1.54, 1.807) is 18.4 Å². The van der Waals surface area contributed by atoms with Crippen molar-refractivity contribution in [2.45, 2.75) is 50.7 Å². The summed E-state index contributed by atoms with van der Waals surface area (Å²) in [5.74, 6) is -0.429. The first-order valence-electron chi connectivity index (χ1n) is 9.33. The number of nitrogens with one attached hydrogen (secondary N) is 1. The van der Waals surface area contributed by atoms with Crippen LogP contribution in [0.3, 0.4) is 0 Å². The number of amides is 1. The molecule has 1 aliphatic carbocycles. The fraction of sp³-hybridized carbons (Fsp3) is 0.579. The van der Waals surface area contributed by atoms with Crippen LogP contribution in [0.15, 0.2) is 9.95 Å². The SMILES string of the molecule is COC(=O)[C@H](CC(C)C)NC(=O)CSc1nc2sc3c(c2c(=O)n1C)CCC3. The van der Waals surface area contributed by atoms with Gasteiger partial charge in [-0.3, -0.25) is 14.2 Å². The monoisotopic (exact) mass is 423 g/mol. The molecular weight excluding hydrogens is 398 g/mol. The van der Waals surface area contributed by atoms with Gasteiger partial charge in [0.25, 0.3) is 5.56 Å². The number of carbonyl (C=O) groups excluding carboxylic acids is 2. The summed E-state index contributed by atoms with van der Waals surface area (Å²) in [6.45, 7) is 3.95. The zero-order chi connectivity index (χ0) is 20.4. The highest BCUT2D eigenvalue weighted by molar-refractivity contribution is 7.99. The zero-order valence-electron chi connectivity index (χ0n) is 16.5. The normalized spacial score (nSPS) is 14.3. The van der Waals surface area contributed by atoms with Gasteiger partial charge in [-0.15, -0.1) is 11.3 Å². The number of hydrogen-bond acceptors (Lipinski definition) is 7. The molecule has 3 rings (SSSR count). The molecule has 1 aliphatic rings. The first kappa shape index (κ1) is 20.9. The molecule has 0 fully saturated rings. The van der Waals surface area contributed by atoms with Crippen LogP contribution in [0.2, 0.25) is 0 Å². The lowest BCUT2D eigenvalue weighted by molar-refractivity contribution is -0.145. The second kappa shape index (κ2) is 8.65. The summed E-state index contributed by atoms with van der Waals surface area (Å²) in [6.07, 6.45) is 3.54. The van der Waals surface area contributed by atoms with E-state index in [4.69, 9.17) is 4.74 Å². The van der Waals surface area contributed by atoms with Crippen molar-refractivity contribution in [3.63, 3.8) is 0 Å². The van der Waals surface area contributed by atoms with Crippen molar-refractivity contribution in [3.05, 3.63) is 20.8 Å². The van der Waals surface area contributed by atoms with Gasteiger partial charge in [0.05, 0.1) is 18.2 Å². The largest absolute Gasteiger partial charge is 0.467 e. The first-order valence-corrected chi connectivity index (χ1v) is 11.1. The number of thiophene rings is 1. The van der Waals surface area contributed by atoms with E-state index in [1.165, 1.54) is 28.3 Å². The highest BCUT2D eigenvalue weighted by atomic mass is 32.2. The van der Waals surface area contributed by atoms with Gasteiger partial charge in [0.15, 0.2) is 5.16 Å². The van der Waals surface area contributed by atoms with E-state index in [0.717, 1.165) is 35.0 Å². The Morgan fingerprint density at radius 2 is 2.11 bits per heavy atom. The van der Waals surface area contributed by atoms with Crippen LogP contribution in [-0.2, 0) is 34.2 Å². The molecule has 152 valence electrons. The van der Waals surface area contributed by atoms with Gasteiger partial charge in [-0.2, -0.15) is 0 Å². The van der Waals surface area contributed by atoms with Crippen molar-refractivity contribution in [1.82, 2.24) is 14.9 Å². The zero-order valence-corrected chi connectivity index (χ0v) is 18.2. The third-order valence-electron chi connectivity index (χ3n) is 4.77. The van der Waals surface area contributed by atoms with Crippen molar-refractivity contribution in [2.24, 2.45) is 13.0 Å². The summed E-state index contributed by atoms with van der Waals surface area (Å²) < 4.78 is 6.28. The Labute approximate surface area is 171 Å². The molecule has 0 saturated carbocycles. The molecule has 1 amide bonds. The maximum Gasteiger partial charge on any atom is 0.328 e. The van der Waals surface area contributed by atoms with Crippen LogP contribution in [-0.4, -0.2) is 40.3 Å². The number of rotatable bonds is 7. The van der Waals surface area contributed by atoms with Crippen LogP contribution >= 0.6 is 23.1 Å². The molecular formula is C19H25N3O4S2. The van der Waals surface area contributed by atoms with Gasteiger partial charge in [-0.05, 0) is 37.2 Å². The number of aryl methyl sites for hydroxylation is 2. The molecule has 0 saturated heterocycles. The van der Waals surface area contributed by atoms with Crippen LogP contribution in [0.4, 0.5) is 0 Å². The Morgan fingerprint density at radius 1 is 1.36 bits per heavy atom. The van der Waals surface area contributed by atoms with Gasteiger partial charge in [-0.1, -0.05) is 25.6 Å². The van der Waals surface area contributed by atoms with Crippen molar-refractivity contribution >= 4 is 45.2 Å². The van der Waals surface area contributed by atoms with Crippen LogP contribution in [0.25, 0.3) is 10.2 Å². The summed E-state index contributed by atoms with van der Waals surface area (Å²) in [6, 6.07) is -0.669. The minimum absolute atomic E-state index is 0.0560. The molecule has 2 aromatic rings. The Bertz CT molecular complexity index is 964. The molecule has 9 heteroatoms. The number of fused-ring (bicyclic) bond motifs is 3. The number of aromatic nitrogens is 2. The van der Waals surface area contributed by atoms with Crippen LogP contribution in [0.5, 0.6) is 0 Å². The molecule has 2 heterocycles. The average molecular weight is 424 g/mol. The fourth-order valence-corrected chi connectivity index (χ4v) is 5.51. The van der Waals surface area contributed by atoms with E-state index in [9.17, 15) is 14.4 Å². The van der Waals surface area contributed by atoms with Gasteiger partial charge >= 0.3 is 5.97 Å². The molecule has 0 radical (unpaired) electrons. The summed E-state index contributed by atoms with van der Waals surface area (Å²) in [4.78, 5) is 43.7. The second-order valence-corrected chi connectivity index (χ2v) is 9.38. The quantitative estimate of drug-likeness (QED) is 0.417. The maximum absolute atomic E-state index is 12.8. The molecule has 28 heavy (non-hydrogen) atoms. The fourth-order valence-electron chi connectivity index (χ4n) is 3.43. The van der Waals surface area contributed by atoms with E-state index in [1.807, 2.05) is 13.8 Å². The third-order valence-corrected chi connectivity index (χ3v) is 6.98. The molecule has 0 unspecified atom stereocenters. The second-order valence-electron chi connectivity index (χ2n) is 7.36. The smallest absolute Gasteiger partial charge is 0.328 e.